The molecule has 4 N–H and O–H groups in total. The van der Waals surface area contributed by atoms with E-state index in [9.17, 15) is 14.4 Å². The zero-order valence-corrected chi connectivity index (χ0v) is 14.2. The molecular formula is C19H20N2O5. The normalized spacial score (nSPS) is 12.7. The highest BCUT2D eigenvalue weighted by atomic mass is 16.5. The summed E-state index contributed by atoms with van der Waals surface area (Å²) in [6, 6.07) is 15.1. The third-order valence-electron chi connectivity index (χ3n) is 4.16. The van der Waals surface area contributed by atoms with Gasteiger partial charge in [0, 0.05) is 6.54 Å². The number of carbonyl (C=O) groups is 3. The molecule has 1 atom stereocenters. The Bertz CT molecular complexity index is 789. The van der Waals surface area contributed by atoms with Crippen molar-refractivity contribution in [2.45, 2.75) is 19.9 Å². The lowest BCUT2D eigenvalue weighted by molar-refractivity contribution is -0.148. The van der Waals surface area contributed by atoms with Crippen molar-refractivity contribution in [3.05, 3.63) is 71.3 Å². The molecule has 0 fully saturated rings. The summed E-state index contributed by atoms with van der Waals surface area (Å²) in [6.07, 6.45) is 0.115. The molecule has 2 aromatic rings. The van der Waals surface area contributed by atoms with Crippen LogP contribution in [-0.2, 0) is 22.6 Å². The molecule has 2 rings (SSSR count). The van der Waals surface area contributed by atoms with Crippen molar-refractivity contribution in [2.24, 2.45) is 5.41 Å². The zero-order valence-electron chi connectivity index (χ0n) is 14.2. The molecule has 0 aromatic heterocycles. The number of hydrogen-bond acceptors (Lipinski definition) is 4. The number of carbonyl (C=O) groups excluding carboxylic acids is 2. The first-order chi connectivity index (χ1) is 12.4. The van der Waals surface area contributed by atoms with Crippen molar-refractivity contribution >= 4 is 17.8 Å². The fraction of sp³-hybridized carbons (Fsp3) is 0.211. The van der Waals surface area contributed by atoms with Gasteiger partial charge in [0.15, 0.2) is 0 Å². The second kappa shape index (κ2) is 8.26. The van der Waals surface area contributed by atoms with Crippen molar-refractivity contribution in [2.75, 3.05) is 0 Å². The Morgan fingerprint density at radius 3 is 2.08 bits per heavy atom. The quantitative estimate of drug-likeness (QED) is 0.343. The smallest absolute Gasteiger partial charge is 0.335 e. The van der Waals surface area contributed by atoms with Crippen LogP contribution in [0.2, 0.25) is 0 Å². The number of hydrogen-bond donors (Lipinski definition) is 4. The Balaban J connectivity index is 2.11. The van der Waals surface area contributed by atoms with Crippen LogP contribution in [0.25, 0.3) is 0 Å². The van der Waals surface area contributed by atoms with Gasteiger partial charge >= 0.3 is 5.97 Å². The SMILES string of the molecule is C[C@](Cc1ccccc1)(C(=O)NO)C(=O)NCc1ccc(C(=O)O)cc1. The Kier molecular flexibility index (Phi) is 6.08. The summed E-state index contributed by atoms with van der Waals surface area (Å²) >= 11 is 0. The van der Waals surface area contributed by atoms with E-state index in [1.165, 1.54) is 19.1 Å². The number of nitrogens with one attached hydrogen (secondary N) is 2. The molecule has 0 spiro atoms. The molecule has 0 bridgehead atoms. The summed E-state index contributed by atoms with van der Waals surface area (Å²) < 4.78 is 0. The number of rotatable bonds is 7. The molecule has 136 valence electrons. The van der Waals surface area contributed by atoms with E-state index < -0.39 is 23.2 Å². The summed E-state index contributed by atoms with van der Waals surface area (Å²) in [7, 11) is 0. The second-order valence-electron chi connectivity index (χ2n) is 6.12. The highest BCUT2D eigenvalue weighted by molar-refractivity contribution is 6.04. The maximum absolute atomic E-state index is 12.6. The summed E-state index contributed by atoms with van der Waals surface area (Å²) in [5.41, 5.74) is 1.67. The van der Waals surface area contributed by atoms with Gasteiger partial charge in [-0.05, 0) is 36.6 Å². The minimum absolute atomic E-state index is 0.115. The van der Waals surface area contributed by atoms with E-state index in [-0.39, 0.29) is 18.5 Å². The monoisotopic (exact) mass is 356 g/mol. The number of carboxylic acids is 1. The van der Waals surface area contributed by atoms with Crippen LogP contribution in [0.15, 0.2) is 54.6 Å². The highest BCUT2D eigenvalue weighted by Gasteiger charge is 2.41. The molecule has 0 unspecified atom stereocenters. The van der Waals surface area contributed by atoms with Crippen molar-refractivity contribution in [1.29, 1.82) is 0 Å². The van der Waals surface area contributed by atoms with Gasteiger partial charge < -0.3 is 10.4 Å². The Hall–Kier alpha value is -3.19. The van der Waals surface area contributed by atoms with E-state index in [2.05, 4.69) is 5.32 Å². The van der Waals surface area contributed by atoms with Crippen LogP contribution in [0.5, 0.6) is 0 Å². The average molecular weight is 356 g/mol. The van der Waals surface area contributed by atoms with Gasteiger partial charge in [0.1, 0.15) is 5.41 Å². The Labute approximate surface area is 150 Å². The van der Waals surface area contributed by atoms with Crippen LogP contribution >= 0.6 is 0 Å². The van der Waals surface area contributed by atoms with Crippen molar-refractivity contribution in [1.82, 2.24) is 10.8 Å². The van der Waals surface area contributed by atoms with Crippen LogP contribution in [0.1, 0.15) is 28.4 Å². The minimum Gasteiger partial charge on any atom is -0.478 e. The van der Waals surface area contributed by atoms with E-state index in [1.54, 1.807) is 41.9 Å². The van der Waals surface area contributed by atoms with Crippen LogP contribution in [0.3, 0.4) is 0 Å². The first-order valence-electron chi connectivity index (χ1n) is 7.96. The van der Waals surface area contributed by atoms with E-state index >= 15 is 0 Å². The van der Waals surface area contributed by atoms with Gasteiger partial charge in [-0.3, -0.25) is 14.8 Å². The van der Waals surface area contributed by atoms with Crippen LogP contribution < -0.4 is 10.8 Å². The van der Waals surface area contributed by atoms with Crippen molar-refractivity contribution < 1.29 is 24.7 Å². The van der Waals surface area contributed by atoms with Gasteiger partial charge in [-0.2, -0.15) is 0 Å². The molecule has 0 saturated carbocycles. The average Bonchev–Trinajstić information content (AvgIpc) is 2.66. The molecule has 2 amide bonds. The predicted molar refractivity (Wildman–Crippen MR) is 93.4 cm³/mol. The third-order valence-corrected chi connectivity index (χ3v) is 4.16. The van der Waals surface area contributed by atoms with Crippen LogP contribution in [-0.4, -0.2) is 28.1 Å². The molecule has 7 nitrogen and oxygen atoms in total. The molecule has 0 radical (unpaired) electrons. The first kappa shape index (κ1) is 19.1. The molecule has 0 aliphatic carbocycles. The fourth-order valence-electron chi connectivity index (χ4n) is 2.53. The highest BCUT2D eigenvalue weighted by Crippen LogP contribution is 2.23. The standard InChI is InChI=1S/C19H20N2O5/c1-19(18(25)21-26,11-13-5-3-2-4-6-13)17(24)20-12-14-7-9-15(10-8-14)16(22)23/h2-10,26H,11-12H2,1H3,(H,20,24)(H,21,25)(H,22,23)/t19-/m1/s1. The summed E-state index contributed by atoms with van der Waals surface area (Å²) in [5, 5.41) is 20.6. The molecule has 0 aliphatic rings. The van der Waals surface area contributed by atoms with Crippen LogP contribution in [0.4, 0.5) is 0 Å². The number of hydroxylamine groups is 1. The maximum Gasteiger partial charge on any atom is 0.335 e. The second-order valence-corrected chi connectivity index (χ2v) is 6.12. The van der Waals surface area contributed by atoms with Crippen molar-refractivity contribution in [3.8, 4) is 0 Å². The van der Waals surface area contributed by atoms with E-state index in [0.717, 1.165) is 5.56 Å². The lowest BCUT2D eigenvalue weighted by atomic mass is 9.81. The molecule has 26 heavy (non-hydrogen) atoms. The number of benzene rings is 2. The van der Waals surface area contributed by atoms with Gasteiger partial charge in [0.25, 0.3) is 5.91 Å². The topological polar surface area (TPSA) is 116 Å². The Morgan fingerprint density at radius 2 is 1.54 bits per heavy atom. The third kappa shape index (κ3) is 4.46. The zero-order chi connectivity index (χ0) is 19.2. The molecule has 2 aromatic carbocycles. The van der Waals surface area contributed by atoms with E-state index in [0.29, 0.717) is 5.56 Å². The van der Waals surface area contributed by atoms with Gasteiger partial charge in [0.05, 0.1) is 5.56 Å². The first-order valence-corrected chi connectivity index (χ1v) is 7.96. The lowest BCUT2D eigenvalue weighted by Crippen LogP contribution is -2.50. The van der Waals surface area contributed by atoms with Gasteiger partial charge in [-0.15, -0.1) is 0 Å². The number of aromatic carboxylic acids is 1. The van der Waals surface area contributed by atoms with Gasteiger partial charge in [-0.1, -0.05) is 42.5 Å². The molecular weight excluding hydrogens is 336 g/mol. The summed E-state index contributed by atoms with van der Waals surface area (Å²) in [4.78, 5) is 35.6. The Morgan fingerprint density at radius 1 is 0.923 bits per heavy atom. The summed E-state index contributed by atoms with van der Waals surface area (Å²) in [5.74, 6) is -2.38. The molecule has 0 heterocycles. The molecule has 0 aliphatic heterocycles. The molecule has 0 saturated heterocycles. The fourth-order valence-corrected chi connectivity index (χ4v) is 2.53. The van der Waals surface area contributed by atoms with Gasteiger partial charge in [-0.25, -0.2) is 10.3 Å². The van der Waals surface area contributed by atoms with Crippen LogP contribution in [0, 0.1) is 5.41 Å². The largest absolute Gasteiger partial charge is 0.478 e. The minimum atomic E-state index is -1.50. The summed E-state index contributed by atoms with van der Waals surface area (Å²) in [6.45, 7) is 1.58. The van der Waals surface area contributed by atoms with Gasteiger partial charge in [0.2, 0.25) is 5.91 Å². The maximum atomic E-state index is 12.6. The number of carboxylic acid groups (broad SMARTS) is 1. The lowest BCUT2D eigenvalue weighted by Gasteiger charge is -2.26. The molecule has 7 heteroatoms. The van der Waals surface area contributed by atoms with E-state index in [4.69, 9.17) is 10.3 Å². The predicted octanol–water partition coefficient (Wildman–Crippen LogP) is 1.76. The van der Waals surface area contributed by atoms with Crippen molar-refractivity contribution in [3.63, 3.8) is 0 Å². The van der Waals surface area contributed by atoms with E-state index in [1.807, 2.05) is 6.07 Å². The number of amides is 2.